The SMILES string of the molecule is N#Cc1cc(F)c2c(c1)CN(C(=O)c1ccc3c(c1)CN(C1CCC(=O)NC1=O)C3=O)C2. The Bertz CT molecular complexity index is 1270. The van der Waals surface area contributed by atoms with Crippen LogP contribution in [0.1, 0.15) is 55.8 Å². The number of imide groups is 1. The van der Waals surface area contributed by atoms with Crippen molar-refractivity contribution in [2.24, 2.45) is 0 Å². The van der Waals surface area contributed by atoms with E-state index in [1.165, 1.54) is 9.80 Å². The molecule has 8 nitrogen and oxygen atoms in total. The smallest absolute Gasteiger partial charge is 0.255 e. The third-order valence-electron chi connectivity index (χ3n) is 6.18. The maximum atomic E-state index is 14.3. The molecule has 3 aliphatic rings. The van der Waals surface area contributed by atoms with E-state index in [1.807, 2.05) is 6.07 Å². The molecule has 1 atom stereocenters. The summed E-state index contributed by atoms with van der Waals surface area (Å²) < 4.78 is 14.3. The van der Waals surface area contributed by atoms with Crippen LogP contribution < -0.4 is 5.32 Å². The van der Waals surface area contributed by atoms with E-state index in [2.05, 4.69) is 5.32 Å². The van der Waals surface area contributed by atoms with Gasteiger partial charge in [-0.25, -0.2) is 4.39 Å². The number of benzene rings is 2. The van der Waals surface area contributed by atoms with Gasteiger partial charge in [-0.15, -0.1) is 0 Å². The molecule has 1 unspecified atom stereocenters. The van der Waals surface area contributed by atoms with Crippen LogP contribution in [0.5, 0.6) is 0 Å². The first-order valence-corrected chi connectivity index (χ1v) is 10.1. The van der Waals surface area contributed by atoms with Crippen molar-refractivity contribution in [3.63, 3.8) is 0 Å². The number of nitrogens with one attached hydrogen (secondary N) is 1. The van der Waals surface area contributed by atoms with E-state index >= 15 is 0 Å². The minimum absolute atomic E-state index is 0.101. The molecule has 5 rings (SSSR count). The fourth-order valence-corrected chi connectivity index (χ4v) is 4.56. The third-order valence-corrected chi connectivity index (χ3v) is 6.18. The summed E-state index contributed by atoms with van der Waals surface area (Å²) in [5.74, 6) is -1.98. The average molecular weight is 432 g/mol. The molecule has 3 aliphatic heterocycles. The van der Waals surface area contributed by atoms with Crippen LogP contribution in [-0.4, -0.2) is 39.5 Å². The van der Waals surface area contributed by atoms with Crippen LogP contribution in [0.4, 0.5) is 4.39 Å². The Morgan fingerprint density at radius 2 is 1.91 bits per heavy atom. The zero-order chi connectivity index (χ0) is 22.6. The molecule has 9 heteroatoms. The largest absolute Gasteiger partial charge is 0.330 e. The molecule has 1 N–H and O–H groups in total. The maximum Gasteiger partial charge on any atom is 0.255 e. The van der Waals surface area contributed by atoms with E-state index in [-0.39, 0.29) is 55.8 Å². The molecule has 160 valence electrons. The Balaban J connectivity index is 1.36. The normalized spacial score (nSPS) is 19.5. The zero-order valence-electron chi connectivity index (χ0n) is 16.9. The lowest BCUT2D eigenvalue weighted by Gasteiger charge is -2.29. The number of halogens is 1. The van der Waals surface area contributed by atoms with Crippen molar-refractivity contribution in [3.8, 4) is 6.07 Å². The van der Waals surface area contributed by atoms with Crippen LogP contribution in [0, 0.1) is 17.1 Å². The van der Waals surface area contributed by atoms with Crippen LogP contribution in [0.3, 0.4) is 0 Å². The van der Waals surface area contributed by atoms with E-state index in [1.54, 1.807) is 24.3 Å². The number of amides is 4. The Kier molecular flexibility index (Phi) is 4.51. The highest BCUT2D eigenvalue weighted by Crippen LogP contribution is 2.31. The van der Waals surface area contributed by atoms with Crippen LogP contribution >= 0.6 is 0 Å². The Morgan fingerprint density at radius 3 is 2.66 bits per heavy atom. The van der Waals surface area contributed by atoms with E-state index in [4.69, 9.17) is 5.26 Å². The van der Waals surface area contributed by atoms with Crippen molar-refractivity contribution in [2.75, 3.05) is 0 Å². The minimum Gasteiger partial charge on any atom is -0.330 e. The summed E-state index contributed by atoms with van der Waals surface area (Å²) in [7, 11) is 0. The van der Waals surface area contributed by atoms with Gasteiger partial charge in [0.25, 0.3) is 11.8 Å². The number of rotatable bonds is 2. The van der Waals surface area contributed by atoms with Crippen molar-refractivity contribution in [1.82, 2.24) is 15.1 Å². The molecule has 0 radical (unpaired) electrons. The highest BCUT2D eigenvalue weighted by Gasteiger charge is 2.39. The molecule has 0 spiro atoms. The van der Waals surface area contributed by atoms with Gasteiger partial charge in [0.05, 0.1) is 11.6 Å². The number of nitrogens with zero attached hydrogens (tertiary/aromatic N) is 3. The van der Waals surface area contributed by atoms with E-state index < -0.39 is 17.8 Å². The van der Waals surface area contributed by atoms with Gasteiger partial charge in [-0.1, -0.05) is 0 Å². The number of hydrogen-bond acceptors (Lipinski definition) is 5. The summed E-state index contributed by atoms with van der Waals surface area (Å²) in [5, 5.41) is 11.3. The molecular weight excluding hydrogens is 415 g/mol. The molecule has 2 aromatic carbocycles. The molecule has 4 amide bonds. The summed E-state index contributed by atoms with van der Waals surface area (Å²) in [6, 6.07) is 8.68. The minimum atomic E-state index is -0.725. The number of nitriles is 1. The van der Waals surface area contributed by atoms with Gasteiger partial charge in [0.2, 0.25) is 11.8 Å². The molecule has 2 aromatic rings. The van der Waals surface area contributed by atoms with Gasteiger partial charge >= 0.3 is 0 Å². The molecule has 3 heterocycles. The lowest BCUT2D eigenvalue weighted by molar-refractivity contribution is -0.136. The fourth-order valence-electron chi connectivity index (χ4n) is 4.56. The van der Waals surface area contributed by atoms with Crippen molar-refractivity contribution >= 4 is 23.6 Å². The van der Waals surface area contributed by atoms with Gasteiger partial charge in [-0.2, -0.15) is 5.26 Å². The Morgan fingerprint density at radius 1 is 1.09 bits per heavy atom. The Labute approximate surface area is 182 Å². The monoisotopic (exact) mass is 432 g/mol. The molecule has 0 saturated carbocycles. The second-order valence-electron chi connectivity index (χ2n) is 8.14. The molecular formula is C23H17FN4O4. The molecule has 1 fully saturated rings. The third kappa shape index (κ3) is 3.12. The lowest BCUT2D eigenvalue weighted by atomic mass is 10.0. The van der Waals surface area contributed by atoms with Crippen LogP contribution in [0.2, 0.25) is 0 Å². The first-order valence-electron chi connectivity index (χ1n) is 10.1. The standard InChI is InChI=1S/C23H17FN4O4/c24-18-6-12(8-25)5-14-9-27(11-17(14)18)22(31)13-1-2-16-15(7-13)10-28(23(16)32)19-3-4-20(29)26-21(19)30/h1-2,5-7,19H,3-4,9-11H2,(H,26,29,30). The number of carbonyl (C=O) groups excluding carboxylic acids is 4. The van der Waals surface area contributed by atoms with Gasteiger partial charge < -0.3 is 9.80 Å². The summed E-state index contributed by atoms with van der Waals surface area (Å²) >= 11 is 0. The van der Waals surface area contributed by atoms with Crippen molar-refractivity contribution in [1.29, 1.82) is 5.26 Å². The maximum absolute atomic E-state index is 14.3. The summed E-state index contributed by atoms with van der Waals surface area (Å²) in [4.78, 5) is 52.4. The molecule has 0 bridgehead atoms. The van der Waals surface area contributed by atoms with Crippen LogP contribution in [0.25, 0.3) is 0 Å². The highest BCUT2D eigenvalue weighted by atomic mass is 19.1. The zero-order valence-corrected chi connectivity index (χ0v) is 16.9. The highest BCUT2D eigenvalue weighted by molar-refractivity contribution is 6.06. The van der Waals surface area contributed by atoms with E-state index in [0.717, 1.165) is 6.07 Å². The number of fused-ring (bicyclic) bond motifs is 2. The van der Waals surface area contributed by atoms with Gasteiger partial charge in [0.15, 0.2) is 0 Å². The van der Waals surface area contributed by atoms with Gasteiger partial charge in [-0.3, -0.25) is 24.5 Å². The predicted molar refractivity (Wildman–Crippen MR) is 107 cm³/mol. The van der Waals surface area contributed by atoms with Gasteiger partial charge in [0.1, 0.15) is 11.9 Å². The van der Waals surface area contributed by atoms with Crippen molar-refractivity contribution in [3.05, 3.63) is 69.5 Å². The second-order valence-corrected chi connectivity index (χ2v) is 8.14. The Hall–Kier alpha value is -4.06. The van der Waals surface area contributed by atoms with Crippen molar-refractivity contribution in [2.45, 2.75) is 38.5 Å². The van der Waals surface area contributed by atoms with Gasteiger partial charge in [0, 0.05) is 42.7 Å². The first-order chi connectivity index (χ1) is 15.4. The quantitative estimate of drug-likeness (QED) is 0.725. The summed E-state index contributed by atoms with van der Waals surface area (Å²) in [6.45, 7) is 0.463. The molecule has 32 heavy (non-hydrogen) atoms. The summed E-state index contributed by atoms with van der Waals surface area (Å²) in [6.07, 6.45) is 0.429. The molecule has 0 aliphatic carbocycles. The average Bonchev–Trinajstić information content (AvgIpc) is 3.35. The fraction of sp³-hybridized carbons (Fsp3) is 0.261. The topological polar surface area (TPSA) is 111 Å². The van der Waals surface area contributed by atoms with Crippen molar-refractivity contribution < 1.29 is 23.6 Å². The van der Waals surface area contributed by atoms with Gasteiger partial charge in [-0.05, 0) is 47.9 Å². The predicted octanol–water partition coefficient (Wildman–Crippen LogP) is 1.61. The van der Waals surface area contributed by atoms with E-state index in [9.17, 15) is 23.6 Å². The number of piperidine rings is 1. The van der Waals surface area contributed by atoms with E-state index in [0.29, 0.717) is 27.8 Å². The van der Waals surface area contributed by atoms with Crippen LogP contribution in [0.15, 0.2) is 30.3 Å². The lowest BCUT2D eigenvalue weighted by Crippen LogP contribution is -2.52. The molecule has 0 aromatic heterocycles. The molecule has 1 saturated heterocycles. The van der Waals surface area contributed by atoms with Crippen LogP contribution in [-0.2, 0) is 29.2 Å². The summed E-state index contributed by atoms with van der Waals surface area (Å²) in [5.41, 5.74) is 2.62. The second kappa shape index (κ2) is 7.27. The number of hydrogen-bond donors (Lipinski definition) is 1. The first kappa shape index (κ1) is 19.9. The number of carbonyl (C=O) groups is 4.